The number of benzene rings is 1. The fraction of sp³-hybridized carbons (Fsp3) is 0.500. The molecule has 1 atom stereocenters. The van der Waals surface area contributed by atoms with Crippen LogP contribution < -0.4 is 4.90 Å². The molecular formula is C14H21NO2. The molecule has 0 saturated carbocycles. The molecule has 94 valence electrons. The van der Waals surface area contributed by atoms with Crippen molar-refractivity contribution in [3.63, 3.8) is 0 Å². The van der Waals surface area contributed by atoms with Crippen molar-refractivity contribution in [2.24, 2.45) is 5.92 Å². The lowest BCUT2D eigenvalue weighted by atomic mass is 9.89. The lowest BCUT2D eigenvalue weighted by molar-refractivity contribution is -0.143. The lowest BCUT2D eigenvalue weighted by Crippen LogP contribution is -2.51. The maximum Gasteiger partial charge on any atom is 0.329 e. The Balaban J connectivity index is 3.03. The van der Waals surface area contributed by atoms with E-state index in [1.165, 1.54) is 0 Å². The highest BCUT2D eigenvalue weighted by Gasteiger charge is 2.38. The Kier molecular flexibility index (Phi) is 4.16. The molecule has 3 heteroatoms. The molecule has 0 aliphatic heterocycles. The summed E-state index contributed by atoms with van der Waals surface area (Å²) in [7, 11) is 1.84. The average Bonchev–Trinajstić information content (AvgIpc) is 2.28. The van der Waals surface area contributed by atoms with Gasteiger partial charge in [0.1, 0.15) is 5.54 Å². The molecule has 1 rings (SSSR count). The number of nitrogens with zero attached hydrogens (tertiary/aromatic N) is 1. The molecule has 0 aromatic heterocycles. The van der Waals surface area contributed by atoms with Crippen LogP contribution in [0, 0.1) is 5.92 Å². The Morgan fingerprint density at radius 2 is 1.88 bits per heavy atom. The molecule has 3 nitrogen and oxygen atoms in total. The number of likely N-dealkylation sites (N-methyl/N-ethyl adjacent to an activating group) is 1. The molecule has 17 heavy (non-hydrogen) atoms. The normalized spacial score (nSPS) is 14.4. The molecule has 0 saturated heterocycles. The Bertz CT molecular complexity index is 375. The number of hydrogen-bond acceptors (Lipinski definition) is 2. The average molecular weight is 235 g/mol. The summed E-state index contributed by atoms with van der Waals surface area (Å²) >= 11 is 0. The zero-order valence-corrected chi connectivity index (χ0v) is 11.0. The number of carboxylic acids is 1. The van der Waals surface area contributed by atoms with Gasteiger partial charge >= 0.3 is 5.97 Å². The van der Waals surface area contributed by atoms with Crippen LogP contribution in [0.4, 0.5) is 5.69 Å². The summed E-state index contributed by atoms with van der Waals surface area (Å²) in [4.78, 5) is 13.4. The second-order valence-electron chi connectivity index (χ2n) is 5.07. The number of para-hydroxylation sites is 1. The van der Waals surface area contributed by atoms with Gasteiger partial charge in [0, 0.05) is 12.7 Å². The Hall–Kier alpha value is -1.51. The highest BCUT2D eigenvalue weighted by Crippen LogP contribution is 2.28. The molecule has 1 aromatic carbocycles. The highest BCUT2D eigenvalue weighted by atomic mass is 16.4. The van der Waals surface area contributed by atoms with Gasteiger partial charge in [-0.25, -0.2) is 4.79 Å². The summed E-state index contributed by atoms with van der Waals surface area (Å²) in [6.45, 7) is 5.86. The van der Waals surface area contributed by atoms with Crippen LogP contribution in [0.5, 0.6) is 0 Å². The number of rotatable bonds is 5. The maximum absolute atomic E-state index is 11.5. The van der Waals surface area contributed by atoms with Crippen LogP contribution in [0.2, 0.25) is 0 Å². The second-order valence-corrected chi connectivity index (χ2v) is 5.07. The van der Waals surface area contributed by atoms with Gasteiger partial charge in [-0.3, -0.25) is 0 Å². The second kappa shape index (κ2) is 5.21. The van der Waals surface area contributed by atoms with Crippen LogP contribution in [-0.2, 0) is 4.79 Å². The first-order valence-corrected chi connectivity index (χ1v) is 5.90. The molecule has 1 aromatic rings. The molecular weight excluding hydrogens is 214 g/mol. The maximum atomic E-state index is 11.5. The van der Waals surface area contributed by atoms with Crippen molar-refractivity contribution < 1.29 is 9.90 Å². The summed E-state index contributed by atoms with van der Waals surface area (Å²) < 4.78 is 0. The van der Waals surface area contributed by atoms with E-state index in [9.17, 15) is 9.90 Å². The topological polar surface area (TPSA) is 40.5 Å². The summed E-state index contributed by atoms with van der Waals surface area (Å²) in [5.41, 5.74) is 0.0632. The molecule has 0 amide bonds. The van der Waals surface area contributed by atoms with Crippen molar-refractivity contribution in [2.75, 3.05) is 11.9 Å². The largest absolute Gasteiger partial charge is 0.480 e. The van der Waals surface area contributed by atoms with Gasteiger partial charge in [-0.1, -0.05) is 32.0 Å². The predicted molar refractivity (Wildman–Crippen MR) is 70.3 cm³/mol. The monoisotopic (exact) mass is 235 g/mol. The fourth-order valence-electron chi connectivity index (χ4n) is 2.10. The number of anilines is 1. The van der Waals surface area contributed by atoms with E-state index in [1.807, 2.05) is 56.1 Å². The van der Waals surface area contributed by atoms with Crippen molar-refractivity contribution in [2.45, 2.75) is 32.7 Å². The van der Waals surface area contributed by atoms with E-state index in [4.69, 9.17) is 0 Å². The van der Waals surface area contributed by atoms with Gasteiger partial charge < -0.3 is 10.0 Å². The molecule has 0 fully saturated rings. The summed E-state index contributed by atoms with van der Waals surface area (Å²) in [6.07, 6.45) is 0.619. The van der Waals surface area contributed by atoms with Gasteiger partial charge in [-0.05, 0) is 31.4 Å². The standard InChI is InChI=1S/C14H21NO2/c1-11(2)10-14(3,13(16)17)15(4)12-8-6-5-7-9-12/h5-9,11H,10H2,1-4H3,(H,16,17). The SMILES string of the molecule is CC(C)CC(C)(C(=O)O)N(C)c1ccccc1. The van der Waals surface area contributed by atoms with Gasteiger partial charge in [0.15, 0.2) is 0 Å². The number of hydrogen-bond donors (Lipinski definition) is 1. The lowest BCUT2D eigenvalue weighted by Gasteiger charge is -2.38. The van der Waals surface area contributed by atoms with E-state index in [0.29, 0.717) is 12.3 Å². The number of carbonyl (C=O) groups is 1. The van der Waals surface area contributed by atoms with Crippen molar-refractivity contribution in [1.29, 1.82) is 0 Å². The number of aliphatic carboxylic acids is 1. The third kappa shape index (κ3) is 2.99. The van der Waals surface area contributed by atoms with E-state index in [0.717, 1.165) is 5.69 Å². The number of carboxylic acid groups (broad SMARTS) is 1. The predicted octanol–water partition coefficient (Wildman–Crippen LogP) is 3.01. The minimum Gasteiger partial charge on any atom is -0.480 e. The minimum absolute atomic E-state index is 0.335. The van der Waals surface area contributed by atoms with Crippen LogP contribution in [0.15, 0.2) is 30.3 Å². The van der Waals surface area contributed by atoms with Crippen molar-refractivity contribution in [3.05, 3.63) is 30.3 Å². The molecule has 0 radical (unpaired) electrons. The molecule has 0 heterocycles. The first-order chi connectivity index (χ1) is 7.88. The van der Waals surface area contributed by atoms with Crippen LogP contribution in [0.1, 0.15) is 27.2 Å². The van der Waals surface area contributed by atoms with Crippen molar-refractivity contribution in [1.82, 2.24) is 0 Å². The zero-order valence-electron chi connectivity index (χ0n) is 11.0. The van der Waals surface area contributed by atoms with Crippen LogP contribution in [0.3, 0.4) is 0 Å². The van der Waals surface area contributed by atoms with Gasteiger partial charge in [-0.2, -0.15) is 0 Å². The molecule has 1 N–H and O–H groups in total. The van der Waals surface area contributed by atoms with E-state index in [1.54, 1.807) is 6.92 Å². The van der Waals surface area contributed by atoms with E-state index in [-0.39, 0.29) is 0 Å². The fourth-order valence-corrected chi connectivity index (χ4v) is 2.10. The summed E-state index contributed by atoms with van der Waals surface area (Å²) in [5, 5.41) is 9.47. The molecule has 0 spiro atoms. The van der Waals surface area contributed by atoms with E-state index >= 15 is 0 Å². The van der Waals surface area contributed by atoms with Crippen molar-refractivity contribution in [3.8, 4) is 0 Å². The first-order valence-electron chi connectivity index (χ1n) is 5.90. The molecule has 1 unspecified atom stereocenters. The smallest absolute Gasteiger partial charge is 0.329 e. The summed E-state index contributed by atoms with van der Waals surface area (Å²) in [5.74, 6) is -0.445. The zero-order chi connectivity index (χ0) is 13.1. The minimum atomic E-state index is -0.866. The van der Waals surface area contributed by atoms with Crippen LogP contribution in [-0.4, -0.2) is 23.7 Å². The van der Waals surface area contributed by atoms with Gasteiger partial charge in [0.25, 0.3) is 0 Å². The third-order valence-corrected chi connectivity index (χ3v) is 3.15. The molecule has 0 aliphatic carbocycles. The van der Waals surface area contributed by atoms with E-state index < -0.39 is 11.5 Å². The molecule has 0 bridgehead atoms. The van der Waals surface area contributed by atoms with Crippen LogP contribution in [0.25, 0.3) is 0 Å². The third-order valence-electron chi connectivity index (χ3n) is 3.15. The first kappa shape index (κ1) is 13.6. The Morgan fingerprint density at radius 3 is 2.29 bits per heavy atom. The molecule has 0 aliphatic rings. The Labute approximate surface area is 103 Å². The van der Waals surface area contributed by atoms with Gasteiger partial charge in [-0.15, -0.1) is 0 Å². The van der Waals surface area contributed by atoms with Gasteiger partial charge in [0.2, 0.25) is 0 Å². The van der Waals surface area contributed by atoms with Crippen LogP contribution >= 0.6 is 0 Å². The van der Waals surface area contributed by atoms with Crippen molar-refractivity contribution >= 4 is 11.7 Å². The Morgan fingerprint density at radius 1 is 1.35 bits per heavy atom. The van der Waals surface area contributed by atoms with E-state index in [2.05, 4.69) is 0 Å². The summed E-state index contributed by atoms with van der Waals surface area (Å²) in [6, 6.07) is 9.63. The van der Waals surface area contributed by atoms with Gasteiger partial charge in [0.05, 0.1) is 0 Å². The quantitative estimate of drug-likeness (QED) is 0.852. The highest BCUT2D eigenvalue weighted by molar-refractivity contribution is 5.83.